The van der Waals surface area contributed by atoms with Crippen LogP contribution in [0.1, 0.15) is 24.2 Å². The fourth-order valence-electron chi connectivity index (χ4n) is 4.13. The highest BCUT2D eigenvalue weighted by atomic mass is 16.6. The fraction of sp³-hybridized carbons (Fsp3) is 0.594. The van der Waals surface area contributed by atoms with E-state index in [1.165, 1.54) is 0 Å². The van der Waals surface area contributed by atoms with E-state index in [-0.39, 0.29) is 30.6 Å². The third-order valence-electron chi connectivity index (χ3n) is 6.25. The molecule has 2 aromatic carbocycles. The minimum absolute atomic E-state index is 0.165. The predicted molar refractivity (Wildman–Crippen MR) is 165 cm³/mol. The van der Waals surface area contributed by atoms with Gasteiger partial charge in [0.1, 0.15) is 32.1 Å². The number of fused-ring (bicyclic) bond motifs is 2. The van der Waals surface area contributed by atoms with Crippen LogP contribution in [0.2, 0.25) is 0 Å². The first-order valence-electron chi connectivity index (χ1n) is 15.5. The Labute approximate surface area is 269 Å². The van der Waals surface area contributed by atoms with Crippen LogP contribution in [-0.4, -0.2) is 118 Å². The second kappa shape index (κ2) is 20.6. The maximum atomic E-state index is 13.2. The molecule has 2 aromatic rings. The first-order chi connectivity index (χ1) is 22.6. The van der Waals surface area contributed by atoms with Crippen molar-refractivity contribution in [2.75, 3.05) is 106 Å². The quantitative estimate of drug-likeness (QED) is 0.344. The van der Waals surface area contributed by atoms with Gasteiger partial charge in [0.25, 0.3) is 0 Å². The number of hydrogen-bond acceptors (Lipinski definition) is 14. The summed E-state index contributed by atoms with van der Waals surface area (Å²) in [4.78, 5) is 13.2. The summed E-state index contributed by atoms with van der Waals surface area (Å²) in [6.45, 7) is 9.71. The molecule has 0 atom stereocenters. The first kappa shape index (κ1) is 35.3. The van der Waals surface area contributed by atoms with E-state index in [0.717, 1.165) is 0 Å². The van der Waals surface area contributed by atoms with E-state index < -0.39 is 5.97 Å². The molecule has 0 aromatic heterocycles. The summed E-state index contributed by atoms with van der Waals surface area (Å²) in [6.07, 6.45) is -0.354. The van der Waals surface area contributed by atoms with Crippen LogP contribution in [0.3, 0.4) is 0 Å². The molecule has 14 nitrogen and oxygen atoms in total. The third-order valence-corrected chi connectivity index (χ3v) is 6.25. The Morgan fingerprint density at radius 3 is 1.43 bits per heavy atom. The van der Waals surface area contributed by atoms with Gasteiger partial charge in [-0.2, -0.15) is 5.11 Å². The van der Waals surface area contributed by atoms with Crippen molar-refractivity contribution in [2.45, 2.75) is 20.0 Å². The molecule has 2 heterocycles. The molecule has 254 valence electrons. The van der Waals surface area contributed by atoms with E-state index in [1.54, 1.807) is 44.2 Å². The van der Waals surface area contributed by atoms with Gasteiger partial charge in [-0.25, -0.2) is 4.79 Å². The lowest BCUT2D eigenvalue weighted by atomic mass is 10.1. The Kier molecular flexibility index (Phi) is 15.8. The maximum absolute atomic E-state index is 13.2. The van der Waals surface area contributed by atoms with Gasteiger partial charge in [-0.1, -0.05) is 0 Å². The normalized spacial score (nSPS) is 18.5. The summed E-state index contributed by atoms with van der Waals surface area (Å²) < 4.78 is 62.5. The van der Waals surface area contributed by atoms with Crippen LogP contribution < -0.4 is 18.9 Å². The fourth-order valence-corrected chi connectivity index (χ4v) is 4.13. The molecule has 2 aliphatic rings. The summed E-state index contributed by atoms with van der Waals surface area (Å²) >= 11 is 0. The number of carbonyl (C=O) groups excluding carboxylic acids is 1. The van der Waals surface area contributed by atoms with Gasteiger partial charge in [-0.3, -0.25) is 0 Å². The zero-order chi connectivity index (χ0) is 32.2. The molecule has 0 unspecified atom stereocenters. The van der Waals surface area contributed by atoms with Crippen molar-refractivity contribution < 1.29 is 56.9 Å². The zero-order valence-electron chi connectivity index (χ0n) is 26.6. The topological polar surface area (TPSA) is 143 Å². The summed E-state index contributed by atoms with van der Waals surface area (Å²) in [5.41, 5.74) is 0.867. The standard InChI is InChI=1S/C32H44N2O12/c1-24(2)46-32(35)26-22-30-31(45-20-16-41-12-8-37-7-11-40-15-19-44-30)23-27(26)34-33-25-3-4-28-29(21-25)43-18-14-39-10-6-36-5-9-38-13-17-42-28/h3-4,21-24H,5-20H2,1-2H3. The molecular weight excluding hydrogens is 604 g/mol. The SMILES string of the molecule is CC(C)OC(=O)c1cc2c(cc1N=Nc1ccc3c(c1)OCCOCCOCCOCCO3)OCCOCCOCCOCCO2. The van der Waals surface area contributed by atoms with Gasteiger partial charge in [-0.05, 0) is 26.0 Å². The number of benzene rings is 2. The van der Waals surface area contributed by atoms with Gasteiger partial charge in [0, 0.05) is 18.2 Å². The first-order valence-corrected chi connectivity index (χ1v) is 15.5. The number of rotatable bonds is 4. The van der Waals surface area contributed by atoms with Gasteiger partial charge in [0.15, 0.2) is 23.0 Å². The summed E-state index contributed by atoms with van der Waals surface area (Å²) in [7, 11) is 0. The van der Waals surface area contributed by atoms with E-state index in [4.69, 9.17) is 52.1 Å². The van der Waals surface area contributed by atoms with Crippen LogP contribution in [0.15, 0.2) is 40.6 Å². The summed E-state index contributed by atoms with van der Waals surface area (Å²) in [5, 5.41) is 8.84. The second-order valence-corrected chi connectivity index (χ2v) is 10.2. The smallest absolute Gasteiger partial charge is 0.340 e. The van der Waals surface area contributed by atoms with Crippen molar-refractivity contribution in [2.24, 2.45) is 10.2 Å². The molecule has 0 bridgehead atoms. The van der Waals surface area contributed by atoms with Crippen LogP contribution in [0.5, 0.6) is 23.0 Å². The van der Waals surface area contributed by atoms with Crippen LogP contribution in [0.25, 0.3) is 0 Å². The van der Waals surface area contributed by atoms with Crippen molar-refractivity contribution in [3.8, 4) is 23.0 Å². The molecule has 0 amide bonds. The van der Waals surface area contributed by atoms with E-state index in [1.807, 2.05) is 0 Å². The molecule has 0 spiro atoms. The highest BCUT2D eigenvalue weighted by Crippen LogP contribution is 2.38. The number of azo groups is 1. The van der Waals surface area contributed by atoms with Gasteiger partial charge in [-0.15, -0.1) is 5.11 Å². The second-order valence-electron chi connectivity index (χ2n) is 10.2. The van der Waals surface area contributed by atoms with Gasteiger partial charge >= 0.3 is 5.97 Å². The predicted octanol–water partition coefficient (Wildman–Crippen LogP) is 4.31. The molecule has 46 heavy (non-hydrogen) atoms. The maximum Gasteiger partial charge on any atom is 0.340 e. The largest absolute Gasteiger partial charge is 0.487 e. The minimum Gasteiger partial charge on any atom is -0.487 e. The highest BCUT2D eigenvalue weighted by Gasteiger charge is 2.21. The number of carbonyl (C=O) groups is 1. The van der Waals surface area contributed by atoms with Crippen LogP contribution >= 0.6 is 0 Å². The summed E-state index contributed by atoms with van der Waals surface area (Å²) in [6, 6.07) is 8.33. The Balaban J connectivity index is 1.58. The Morgan fingerprint density at radius 2 is 0.957 bits per heavy atom. The Hall–Kier alpha value is -3.53. The Bertz CT molecular complexity index is 1230. The molecule has 0 saturated heterocycles. The molecule has 0 fully saturated rings. The number of nitrogens with zero attached hydrogens (tertiary/aromatic N) is 2. The molecular formula is C32H44N2O12. The summed E-state index contributed by atoms with van der Waals surface area (Å²) in [5.74, 6) is 1.13. The van der Waals surface area contributed by atoms with E-state index >= 15 is 0 Å². The average Bonchev–Trinajstić information content (AvgIpc) is 3.06. The number of esters is 1. The van der Waals surface area contributed by atoms with Gasteiger partial charge in [0.2, 0.25) is 0 Å². The van der Waals surface area contributed by atoms with Crippen LogP contribution in [0.4, 0.5) is 11.4 Å². The molecule has 0 N–H and O–H groups in total. The molecule has 2 aliphatic heterocycles. The van der Waals surface area contributed by atoms with E-state index in [9.17, 15) is 4.79 Å². The molecule has 0 saturated carbocycles. The van der Waals surface area contributed by atoms with Crippen molar-refractivity contribution in [3.05, 3.63) is 35.9 Å². The minimum atomic E-state index is -0.577. The van der Waals surface area contributed by atoms with Gasteiger partial charge < -0.3 is 52.1 Å². The Morgan fingerprint density at radius 1 is 0.543 bits per heavy atom. The molecule has 4 rings (SSSR count). The van der Waals surface area contributed by atoms with Crippen molar-refractivity contribution >= 4 is 17.3 Å². The van der Waals surface area contributed by atoms with Crippen molar-refractivity contribution in [1.29, 1.82) is 0 Å². The lowest BCUT2D eigenvalue weighted by Gasteiger charge is -2.16. The number of hydrogen-bond donors (Lipinski definition) is 0. The van der Waals surface area contributed by atoms with Crippen molar-refractivity contribution in [3.63, 3.8) is 0 Å². The molecule has 0 aliphatic carbocycles. The van der Waals surface area contributed by atoms with Crippen LogP contribution in [0, 0.1) is 0 Å². The monoisotopic (exact) mass is 648 g/mol. The average molecular weight is 649 g/mol. The van der Waals surface area contributed by atoms with Gasteiger partial charge in [0.05, 0.1) is 96.6 Å². The third kappa shape index (κ3) is 12.7. The lowest BCUT2D eigenvalue weighted by molar-refractivity contribution is 0.00708. The zero-order valence-corrected chi connectivity index (χ0v) is 26.6. The van der Waals surface area contributed by atoms with Crippen molar-refractivity contribution in [1.82, 2.24) is 0 Å². The molecule has 14 heteroatoms. The lowest BCUT2D eigenvalue weighted by Crippen LogP contribution is -2.14. The highest BCUT2D eigenvalue weighted by molar-refractivity contribution is 5.96. The van der Waals surface area contributed by atoms with E-state index in [2.05, 4.69) is 10.2 Å². The van der Waals surface area contributed by atoms with E-state index in [0.29, 0.717) is 121 Å². The number of ether oxygens (including phenoxy) is 11. The van der Waals surface area contributed by atoms with Crippen LogP contribution in [-0.2, 0) is 33.2 Å². The molecule has 0 radical (unpaired) electrons.